The van der Waals surface area contributed by atoms with Crippen molar-refractivity contribution in [3.63, 3.8) is 0 Å². The second-order valence-corrected chi connectivity index (χ2v) is 6.58. The van der Waals surface area contributed by atoms with Crippen molar-refractivity contribution in [1.82, 2.24) is 0 Å². The van der Waals surface area contributed by atoms with Crippen LogP contribution in [0.25, 0.3) is 22.3 Å². The molecule has 1 aromatic heterocycles. The lowest BCUT2D eigenvalue weighted by Crippen LogP contribution is -2.18. The number of para-hydroxylation sites is 1. The topological polar surface area (TPSA) is 82.8 Å². The van der Waals surface area contributed by atoms with E-state index in [1.165, 1.54) is 6.07 Å². The third-order valence-electron chi connectivity index (χ3n) is 4.48. The van der Waals surface area contributed by atoms with E-state index in [1.807, 2.05) is 37.3 Å². The molecule has 0 fully saturated rings. The number of hydrogen-bond donors (Lipinski definition) is 0. The molecule has 0 aliphatic heterocycles. The van der Waals surface area contributed by atoms with Gasteiger partial charge in [0.15, 0.2) is 17.6 Å². The highest BCUT2D eigenvalue weighted by Crippen LogP contribution is 2.27. The van der Waals surface area contributed by atoms with Gasteiger partial charge in [-0.3, -0.25) is 4.79 Å². The SMILES string of the molecule is CCCCOC(=O)COC(=O)c1cccc2c(=O)c(C)c(-c3ccccc3)oc12. The number of rotatable bonds is 7. The summed E-state index contributed by atoms with van der Waals surface area (Å²) in [5.41, 5.74) is 1.17. The number of unbranched alkanes of at least 4 members (excludes halogenated alkanes) is 1. The van der Waals surface area contributed by atoms with Gasteiger partial charge in [0.05, 0.1) is 12.0 Å². The number of fused-ring (bicyclic) bond motifs is 1. The van der Waals surface area contributed by atoms with E-state index in [2.05, 4.69) is 0 Å². The first-order chi connectivity index (χ1) is 14.0. The molecule has 29 heavy (non-hydrogen) atoms. The van der Waals surface area contributed by atoms with Crippen LogP contribution in [0.4, 0.5) is 0 Å². The van der Waals surface area contributed by atoms with Gasteiger partial charge in [-0.05, 0) is 25.5 Å². The monoisotopic (exact) mass is 394 g/mol. The van der Waals surface area contributed by atoms with Gasteiger partial charge in [0.1, 0.15) is 11.3 Å². The van der Waals surface area contributed by atoms with Gasteiger partial charge in [-0.2, -0.15) is 0 Å². The quantitative estimate of drug-likeness (QED) is 0.440. The van der Waals surface area contributed by atoms with Crippen molar-refractivity contribution in [1.29, 1.82) is 0 Å². The summed E-state index contributed by atoms with van der Waals surface area (Å²) in [6.07, 6.45) is 1.64. The van der Waals surface area contributed by atoms with Crippen LogP contribution >= 0.6 is 0 Å². The molecule has 1 heterocycles. The van der Waals surface area contributed by atoms with Gasteiger partial charge in [0.2, 0.25) is 0 Å². The second-order valence-electron chi connectivity index (χ2n) is 6.58. The normalized spacial score (nSPS) is 10.7. The number of hydrogen-bond acceptors (Lipinski definition) is 6. The molecular formula is C23H22O6. The number of esters is 2. The molecule has 6 nitrogen and oxygen atoms in total. The lowest BCUT2D eigenvalue weighted by molar-refractivity contribution is -0.147. The predicted molar refractivity (Wildman–Crippen MR) is 109 cm³/mol. The minimum atomic E-state index is -0.756. The summed E-state index contributed by atoms with van der Waals surface area (Å²) in [6.45, 7) is 3.45. The molecule has 0 N–H and O–H groups in total. The summed E-state index contributed by atoms with van der Waals surface area (Å²) in [5.74, 6) is -0.981. The molecule has 3 rings (SSSR count). The maximum atomic E-state index is 12.8. The average Bonchev–Trinajstić information content (AvgIpc) is 2.75. The third-order valence-corrected chi connectivity index (χ3v) is 4.48. The summed E-state index contributed by atoms with van der Waals surface area (Å²) in [5, 5.41) is 0.280. The maximum Gasteiger partial charge on any atom is 0.344 e. The summed E-state index contributed by atoms with van der Waals surface area (Å²) < 4.78 is 16.0. The summed E-state index contributed by atoms with van der Waals surface area (Å²) >= 11 is 0. The van der Waals surface area contributed by atoms with E-state index in [0.29, 0.717) is 11.3 Å². The minimum Gasteiger partial charge on any atom is -0.463 e. The third kappa shape index (κ3) is 4.54. The molecule has 0 aliphatic rings. The zero-order chi connectivity index (χ0) is 20.8. The molecule has 2 aromatic carbocycles. The van der Waals surface area contributed by atoms with Crippen molar-refractivity contribution in [2.24, 2.45) is 0 Å². The van der Waals surface area contributed by atoms with Gasteiger partial charge >= 0.3 is 11.9 Å². The van der Waals surface area contributed by atoms with Crippen LogP contribution in [0.3, 0.4) is 0 Å². The van der Waals surface area contributed by atoms with E-state index in [9.17, 15) is 14.4 Å². The number of carbonyl (C=O) groups is 2. The predicted octanol–water partition coefficient (Wildman–Crippen LogP) is 4.27. The highest BCUT2D eigenvalue weighted by molar-refractivity contribution is 6.02. The van der Waals surface area contributed by atoms with Crippen molar-refractivity contribution >= 4 is 22.9 Å². The Morgan fingerprint density at radius 3 is 2.48 bits per heavy atom. The lowest BCUT2D eigenvalue weighted by atomic mass is 10.0. The van der Waals surface area contributed by atoms with E-state index >= 15 is 0 Å². The number of ether oxygens (including phenoxy) is 2. The molecule has 0 amide bonds. The van der Waals surface area contributed by atoms with E-state index < -0.39 is 18.5 Å². The van der Waals surface area contributed by atoms with Gasteiger partial charge in [0.25, 0.3) is 0 Å². The van der Waals surface area contributed by atoms with E-state index in [0.717, 1.165) is 18.4 Å². The lowest BCUT2D eigenvalue weighted by Gasteiger charge is -2.10. The average molecular weight is 394 g/mol. The first-order valence-corrected chi connectivity index (χ1v) is 9.47. The molecule has 0 bridgehead atoms. The Morgan fingerprint density at radius 2 is 1.76 bits per heavy atom. The zero-order valence-electron chi connectivity index (χ0n) is 16.4. The Labute approximate surface area is 168 Å². The molecular weight excluding hydrogens is 372 g/mol. The van der Waals surface area contributed by atoms with Gasteiger partial charge in [0, 0.05) is 11.1 Å². The summed E-state index contributed by atoms with van der Waals surface area (Å²) in [6, 6.07) is 13.9. The van der Waals surface area contributed by atoms with Crippen LogP contribution in [0.15, 0.2) is 57.7 Å². The highest BCUT2D eigenvalue weighted by Gasteiger charge is 2.20. The van der Waals surface area contributed by atoms with Crippen LogP contribution in [0, 0.1) is 6.92 Å². The molecule has 0 radical (unpaired) electrons. The Morgan fingerprint density at radius 1 is 1.00 bits per heavy atom. The Hall–Kier alpha value is -3.41. The molecule has 0 unspecified atom stereocenters. The Bertz CT molecular complexity index is 1080. The maximum absolute atomic E-state index is 12.8. The Balaban J connectivity index is 1.92. The van der Waals surface area contributed by atoms with E-state index in [-0.39, 0.29) is 28.6 Å². The van der Waals surface area contributed by atoms with Gasteiger partial charge < -0.3 is 13.9 Å². The number of carbonyl (C=O) groups excluding carboxylic acids is 2. The molecule has 150 valence electrons. The van der Waals surface area contributed by atoms with Crippen molar-refractivity contribution < 1.29 is 23.5 Å². The summed E-state index contributed by atoms with van der Waals surface area (Å²) in [7, 11) is 0. The molecule has 6 heteroatoms. The molecule has 0 aliphatic carbocycles. The summed E-state index contributed by atoms with van der Waals surface area (Å²) in [4.78, 5) is 37.1. The largest absolute Gasteiger partial charge is 0.463 e. The first-order valence-electron chi connectivity index (χ1n) is 9.47. The van der Waals surface area contributed by atoms with Crippen molar-refractivity contribution in [2.75, 3.05) is 13.2 Å². The Kier molecular flexibility index (Phi) is 6.44. The van der Waals surface area contributed by atoms with Crippen LogP contribution in [-0.2, 0) is 14.3 Å². The fourth-order valence-electron chi connectivity index (χ4n) is 2.91. The van der Waals surface area contributed by atoms with Gasteiger partial charge in [-0.25, -0.2) is 9.59 Å². The minimum absolute atomic E-state index is 0.0816. The molecule has 3 aromatic rings. The highest BCUT2D eigenvalue weighted by atomic mass is 16.6. The molecule has 0 spiro atoms. The van der Waals surface area contributed by atoms with Crippen molar-refractivity contribution in [3.05, 3.63) is 69.9 Å². The molecule has 0 saturated carbocycles. The standard InChI is InChI=1S/C23H22O6/c1-3-4-13-27-19(24)14-28-23(26)18-12-8-11-17-20(25)15(2)21(29-22(17)18)16-9-6-5-7-10-16/h5-12H,3-4,13-14H2,1-2H3. The van der Waals surface area contributed by atoms with E-state index in [4.69, 9.17) is 13.9 Å². The van der Waals surface area contributed by atoms with Crippen LogP contribution in [0.5, 0.6) is 0 Å². The van der Waals surface area contributed by atoms with Crippen LogP contribution < -0.4 is 5.43 Å². The van der Waals surface area contributed by atoms with E-state index in [1.54, 1.807) is 19.1 Å². The van der Waals surface area contributed by atoms with Crippen LogP contribution in [0.1, 0.15) is 35.7 Å². The first kappa shape index (κ1) is 20.3. The fourth-order valence-corrected chi connectivity index (χ4v) is 2.91. The number of benzene rings is 2. The second kappa shape index (κ2) is 9.19. The smallest absolute Gasteiger partial charge is 0.344 e. The molecule has 0 saturated heterocycles. The fraction of sp³-hybridized carbons (Fsp3) is 0.261. The van der Waals surface area contributed by atoms with Crippen LogP contribution in [0.2, 0.25) is 0 Å². The van der Waals surface area contributed by atoms with Crippen molar-refractivity contribution in [3.8, 4) is 11.3 Å². The van der Waals surface area contributed by atoms with Crippen LogP contribution in [-0.4, -0.2) is 25.2 Å². The molecule has 0 atom stereocenters. The van der Waals surface area contributed by atoms with Gasteiger partial charge in [-0.1, -0.05) is 49.7 Å². The van der Waals surface area contributed by atoms with Crippen molar-refractivity contribution in [2.45, 2.75) is 26.7 Å². The zero-order valence-corrected chi connectivity index (χ0v) is 16.4. The van der Waals surface area contributed by atoms with Gasteiger partial charge in [-0.15, -0.1) is 0 Å².